The van der Waals surface area contributed by atoms with E-state index < -0.39 is 5.97 Å². The molecule has 84 valence electrons. The van der Waals surface area contributed by atoms with Gasteiger partial charge < -0.3 is 9.84 Å². The molecule has 0 aliphatic carbocycles. The molecule has 2 heterocycles. The van der Waals surface area contributed by atoms with Crippen LogP contribution in [0.3, 0.4) is 0 Å². The maximum Gasteiger partial charge on any atom is 0.354 e. The van der Waals surface area contributed by atoms with E-state index in [2.05, 4.69) is 27.7 Å². The molecule has 0 fully saturated rings. The number of fused-ring (bicyclic) bond motifs is 1. The van der Waals surface area contributed by atoms with Crippen LogP contribution < -0.4 is 0 Å². The van der Waals surface area contributed by atoms with Crippen molar-refractivity contribution < 1.29 is 14.6 Å². The monoisotopic (exact) mass is 240 g/mol. The van der Waals surface area contributed by atoms with E-state index in [0.717, 1.165) is 0 Å². The predicted molar refractivity (Wildman–Crippen MR) is 55.7 cm³/mol. The lowest BCUT2D eigenvalue weighted by atomic mass is 10.4. The maximum absolute atomic E-state index is 10.8. The van der Waals surface area contributed by atoms with Crippen LogP contribution in [0.2, 0.25) is 0 Å². The summed E-state index contributed by atoms with van der Waals surface area (Å²) in [5.74, 6) is -0.515. The molecule has 2 aromatic rings. The van der Waals surface area contributed by atoms with E-state index in [4.69, 9.17) is 9.84 Å². The first kappa shape index (κ1) is 10.8. The van der Waals surface area contributed by atoms with Gasteiger partial charge in [0.15, 0.2) is 11.5 Å². The molecule has 0 amide bonds. The molecule has 7 nitrogen and oxygen atoms in total. The summed E-state index contributed by atoms with van der Waals surface area (Å²) in [6.45, 7) is 0.235. The molecule has 0 unspecified atom stereocenters. The van der Waals surface area contributed by atoms with E-state index in [1.54, 1.807) is 0 Å². The van der Waals surface area contributed by atoms with Crippen LogP contribution in [0.5, 0.6) is 0 Å². The Morgan fingerprint density at radius 1 is 1.62 bits per heavy atom. The van der Waals surface area contributed by atoms with Crippen molar-refractivity contribution in [3.63, 3.8) is 0 Å². The van der Waals surface area contributed by atoms with Crippen molar-refractivity contribution in [1.82, 2.24) is 19.6 Å². The number of nitrogens with zero attached hydrogens (tertiary/aromatic N) is 4. The van der Waals surface area contributed by atoms with Gasteiger partial charge in [0.25, 0.3) is 5.78 Å². The van der Waals surface area contributed by atoms with E-state index >= 15 is 0 Å². The minimum atomic E-state index is -1.13. The molecular formula is C8H8N4O3S. The normalized spacial score (nSPS) is 10.9. The van der Waals surface area contributed by atoms with E-state index in [-0.39, 0.29) is 18.1 Å². The summed E-state index contributed by atoms with van der Waals surface area (Å²) in [5.41, 5.74) is -0.117. The van der Waals surface area contributed by atoms with Gasteiger partial charge in [-0.25, -0.2) is 9.78 Å². The van der Waals surface area contributed by atoms with Crippen LogP contribution >= 0.6 is 12.6 Å². The lowest BCUT2D eigenvalue weighted by Crippen LogP contribution is -2.04. The molecule has 0 saturated heterocycles. The topological polar surface area (TPSA) is 89.6 Å². The minimum absolute atomic E-state index is 0.117. The number of thiol groups is 1. The Balaban J connectivity index is 2.58. The fraction of sp³-hybridized carbons (Fsp3) is 0.250. The summed E-state index contributed by atoms with van der Waals surface area (Å²) in [6.07, 6.45) is 0. The quantitative estimate of drug-likeness (QED) is 0.590. The van der Waals surface area contributed by atoms with Gasteiger partial charge in [0.1, 0.15) is 11.6 Å². The highest BCUT2D eigenvalue weighted by Crippen LogP contribution is 2.10. The third-order valence-corrected chi connectivity index (χ3v) is 2.15. The minimum Gasteiger partial charge on any atom is -0.477 e. The fourth-order valence-electron chi connectivity index (χ4n) is 1.19. The fourth-order valence-corrected chi connectivity index (χ4v) is 1.45. The molecule has 0 atom stereocenters. The largest absolute Gasteiger partial charge is 0.477 e. The predicted octanol–water partition coefficient (Wildman–Crippen LogP) is 0.258. The molecular weight excluding hydrogens is 232 g/mol. The van der Waals surface area contributed by atoms with Crippen LogP contribution in [0.4, 0.5) is 0 Å². The van der Waals surface area contributed by atoms with E-state index in [0.29, 0.717) is 10.9 Å². The first-order chi connectivity index (χ1) is 7.61. The Hall–Kier alpha value is -1.67. The number of aromatic carboxylic acids is 1. The van der Waals surface area contributed by atoms with Gasteiger partial charge in [0.05, 0.1) is 0 Å². The number of carboxylic acid groups (broad SMARTS) is 1. The SMILES string of the molecule is COCc1nc2nc(C(=O)O)cc(S)n2n1. The highest BCUT2D eigenvalue weighted by atomic mass is 32.1. The van der Waals surface area contributed by atoms with Crippen molar-refractivity contribution in [2.24, 2.45) is 0 Å². The Kier molecular flexibility index (Phi) is 2.75. The molecule has 2 aromatic heterocycles. The molecule has 0 bridgehead atoms. The third kappa shape index (κ3) is 1.84. The Labute approximate surface area is 95.5 Å². The van der Waals surface area contributed by atoms with Crippen LogP contribution in [0, 0.1) is 0 Å². The number of carboxylic acids is 1. The molecule has 0 saturated carbocycles. The van der Waals surface area contributed by atoms with Gasteiger partial charge in [0.2, 0.25) is 0 Å². The summed E-state index contributed by atoms with van der Waals surface area (Å²) >= 11 is 4.11. The smallest absolute Gasteiger partial charge is 0.354 e. The molecule has 2 rings (SSSR count). The Bertz CT molecular complexity index is 553. The van der Waals surface area contributed by atoms with E-state index in [1.165, 1.54) is 17.7 Å². The standard InChI is InChI=1S/C8H8N4O3S/c1-15-3-5-10-8-9-4(7(13)14)2-6(16)12(8)11-5/h2,16H,3H2,1H3,(H,13,14). The van der Waals surface area contributed by atoms with Crippen LogP contribution in [-0.2, 0) is 11.3 Å². The van der Waals surface area contributed by atoms with Gasteiger partial charge in [-0.05, 0) is 0 Å². The molecule has 0 aliphatic heterocycles. The number of carbonyl (C=O) groups is 1. The first-order valence-electron chi connectivity index (χ1n) is 4.29. The van der Waals surface area contributed by atoms with Gasteiger partial charge in [0, 0.05) is 13.2 Å². The number of aromatic nitrogens is 4. The zero-order chi connectivity index (χ0) is 11.7. The van der Waals surface area contributed by atoms with Crippen LogP contribution in [0.15, 0.2) is 11.1 Å². The zero-order valence-corrected chi connectivity index (χ0v) is 9.18. The molecule has 8 heteroatoms. The lowest BCUT2D eigenvalue weighted by molar-refractivity contribution is 0.0690. The van der Waals surface area contributed by atoms with Crippen molar-refractivity contribution in [3.8, 4) is 0 Å². The van der Waals surface area contributed by atoms with E-state index in [9.17, 15) is 4.79 Å². The second kappa shape index (κ2) is 4.06. The highest BCUT2D eigenvalue weighted by Gasteiger charge is 2.12. The van der Waals surface area contributed by atoms with Gasteiger partial charge >= 0.3 is 5.97 Å². The molecule has 16 heavy (non-hydrogen) atoms. The van der Waals surface area contributed by atoms with Crippen molar-refractivity contribution in [2.45, 2.75) is 11.6 Å². The summed E-state index contributed by atoms with van der Waals surface area (Å²) in [7, 11) is 1.52. The van der Waals surface area contributed by atoms with Crippen molar-refractivity contribution in [1.29, 1.82) is 0 Å². The van der Waals surface area contributed by atoms with Crippen molar-refractivity contribution in [2.75, 3.05) is 7.11 Å². The molecule has 0 radical (unpaired) electrons. The lowest BCUT2D eigenvalue weighted by Gasteiger charge is -1.97. The van der Waals surface area contributed by atoms with Crippen molar-refractivity contribution >= 4 is 24.4 Å². The zero-order valence-electron chi connectivity index (χ0n) is 8.28. The molecule has 0 aliphatic rings. The summed E-state index contributed by atoms with van der Waals surface area (Å²) in [6, 6.07) is 1.31. The van der Waals surface area contributed by atoms with Gasteiger partial charge in [-0.15, -0.1) is 17.7 Å². The average Bonchev–Trinajstić information content (AvgIpc) is 2.61. The Morgan fingerprint density at radius 2 is 2.38 bits per heavy atom. The maximum atomic E-state index is 10.8. The second-order valence-corrected chi connectivity index (χ2v) is 3.44. The number of methoxy groups -OCH3 is 1. The van der Waals surface area contributed by atoms with Gasteiger partial charge in [-0.1, -0.05) is 0 Å². The summed E-state index contributed by atoms with van der Waals surface area (Å²) in [4.78, 5) is 18.6. The van der Waals surface area contributed by atoms with Gasteiger partial charge in [-0.2, -0.15) is 9.50 Å². The van der Waals surface area contributed by atoms with Crippen molar-refractivity contribution in [3.05, 3.63) is 17.6 Å². The first-order valence-corrected chi connectivity index (χ1v) is 4.74. The number of rotatable bonds is 3. The van der Waals surface area contributed by atoms with E-state index in [1.807, 2.05) is 0 Å². The highest BCUT2D eigenvalue weighted by molar-refractivity contribution is 7.80. The second-order valence-electron chi connectivity index (χ2n) is 2.98. The number of hydrogen-bond acceptors (Lipinski definition) is 6. The Morgan fingerprint density at radius 3 is 3.00 bits per heavy atom. The van der Waals surface area contributed by atoms with Gasteiger partial charge in [-0.3, -0.25) is 0 Å². The summed E-state index contributed by atoms with van der Waals surface area (Å²) < 4.78 is 6.22. The molecule has 1 N–H and O–H groups in total. The molecule has 0 spiro atoms. The van der Waals surface area contributed by atoms with Crippen LogP contribution in [0.1, 0.15) is 16.3 Å². The third-order valence-electron chi connectivity index (χ3n) is 1.83. The number of hydrogen-bond donors (Lipinski definition) is 2. The average molecular weight is 240 g/mol. The molecule has 0 aromatic carbocycles. The van der Waals surface area contributed by atoms with Crippen LogP contribution in [0.25, 0.3) is 5.78 Å². The number of ether oxygens (including phenoxy) is 1. The van der Waals surface area contributed by atoms with Crippen LogP contribution in [-0.4, -0.2) is 37.8 Å². The summed E-state index contributed by atoms with van der Waals surface area (Å²) in [5, 5.41) is 13.2.